The van der Waals surface area contributed by atoms with E-state index in [0.717, 1.165) is 58.2 Å². The number of nitrogens with two attached hydrogens (primary N) is 1. The Labute approximate surface area is 110 Å². The van der Waals surface area contributed by atoms with Crippen molar-refractivity contribution < 1.29 is 9.53 Å². The Morgan fingerprint density at radius 3 is 2.56 bits per heavy atom. The summed E-state index contributed by atoms with van der Waals surface area (Å²) in [5, 5.41) is 0. The minimum atomic E-state index is 0.221. The van der Waals surface area contributed by atoms with Crippen molar-refractivity contribution in [2.75, 3.05) is 26.7 Å². The van der Waals surface area contributed by atoms with Crippen molar-refractivity contribution in [1.82, 2.24) is 4.90 Å². The molecule has 2 aliphatic rings. The molecular formula is C14H26N2O2. The molecule has 0 aromatic rings. The van der Waals surface area contributed by atoms with Crippen molar-refractivity contribution >= 4 is 5.91 Å². The van der Waals surface area contributed by atoms with Crippen LogP contribution >= 0.6 is 0 Å². The molecule has 0 bridgehead atoms. The second-order valence-corrected chi connectivity index (χ2v) is 5.81. The summed E-state index contributed by atoms with van der Waals surface area (Å²) in [4.78, 5) is 14.2. The number of ether oxygens (including phenoxy) is 1. The number of likely N-dealkylation sites (N-methyl/N-ethyl adjacent to an activating group) is 1. The zero-order chi connectivity index (χ0) is 13.0. The molecule has 104 valence electrons. The van der Waals surface area contributed by atoms with E-state index in [1.54, 1.807) is 0 Å². The number of nitrogens with zero attached hydrogens (tertiary/aromatic N) is 1. The molecule has 2 N–H and O–H groups in total. The van der Waals surface area contributed by atoms with Crippen molar-refractivity contribution in [2.45, 2.75) is 44.6 Å². The maximum Gasteiger partial charge on any atom is 0.225 e. The van der Waals surface area contributed by atoms with Crippen LogP contribution in [0.3, 0.4) is 0 Å². The molecule has 0 aromatic heterocycles. The standard InChI is InChI=1S/C14H26N2O2/c1-16(10-13-3-2-8-18-13)14(17)12-6-4-11(9-15)5-7-12/h11-13H,2-10,15H2,1H3. The molecule has 4 heteroatoms. The summed E-state index contributed by atoms with van der Waals surface area (Å²) < 4.78 is 5.59. The molecule has 1 saturated carbocycles. The summed E-state index contributed by atoms with van der Waals surface area (Å²) in [6.45, 7) is 2.39. The van der Waals surface area contributed by atoms with E-state index in [2.05, 4.69) is 0 Å². The molecule has 2 rings (SSSR count). The number of carbonyl (C=O) groups excluding carboxylic acids is 1. The van der Waals surface area contributed by atoms with Crippen molar-refractivity contribution in [3.8, 4) is 0 Å². The highest BCUT2D eigenvalue weighted by Crippen LogP contribution is 2.29. The molecule has 0 radical (unpaired) electrons. The first-order chi connectivity index (χ1) is 8.70. The van der Waals surface area contributed by atoms with Gasteiger partial charge in [-0.1, -0.05) is 0 Å². The van der Waals surface area contributed by atoms with Crippen LogP contribution in [0.4, 0.5) is 0 Å². The van der Waals surface area contributed by atoms with Gasteiger partial charge in [-0.05, 0) is 51.0 Å². The van der Waals surface area contributed by atoms with E-state index in [4.69, 9.17) is 10.5 Å². The molecule has 4 nitrogen and oxygen atoms in total. The lowest BCUT2D eigenvalue weighted by atomic mass is 9.81. The fraction of sp³-hybridized carbons (Fsp3) is 0.929. The van der Waals surface area contributed by atoms with Crippen LogP contribution in [-0.2, 0) is 9.53 Å². The minimum absolute atomic E-state index is 0.221. The third-order valence-corrected chi connectivity index (χ3v) is 4.41. The normalized spacial score (nSPS) is 32.4. The smallest absolute Gasteiger partial charge is 0.225 e. The van der Waals surface area contributed by atoms with Crippen LogP contribution in [0.2, 0.25) is 0 Å². The monoisotopic (exact) mass is 254 g/mol. The quantitative estimate of drug-likeness (QED) is 0.825. The lowest BCUT2D eigenvalue weighted by Gasteiger charge is -2.30. The third kappa shape index (κ3) is 3.45. The number of amides is 1. The number of rotatable bonds is 4. The lowest BCUT2D eigenvalue weighted by Crippen LogP contribution is -2.39. The van der Waals surface area contributed by atoms with E-state index >= 15 is 0 Å². The van der Waals surface area contributed by atoms with E-state index in [-0.39, 0.29) is 12.0 Å². The average molecular weight is 254 g/mol. The lowest BCUT2D eigenvalue weighted by molar-refractivity contribution is -0.136. The molecule has 1 heterocycles. The molecule has 0 spiro atoms. The molecule has 2 fully saturated rings. The SMILES string of the molecule is CN(CC1CCCO1)C(=O)C1CCC(CN)CC1. The van der Waals surface area contributed by atoms with Gasteiger partial charge < -0.3 is 15.4 Å². The Bertz CT molecular complexity index is 269. The highest BCUT2D eigenvalue weighted by Gasteiger charge is 2.29. The highest BCUT2D eigenvalue weighted by atomic mass is 16.5. The van der Waals surface area contributed by atoms with Crippen LogP contribution in [0, 0.1) is 11.8 Å². The zero-order valence-electron chi connectivity index (χ0n) is 11.4. The van der Waals surface area contributed by atoms with Crippen molar-refractivity contribution in [2.24, 2.45) is 17.6 Å². The van der Waals surface area contributed by atoms with Gasteiger partial charge in [0, 0.05) is 26.1 Å². The van der Waals surface area contributed by atoms with E-state index in [9.17, 15) is 4.79 Å². The van der Waals surface area contributed by atoms with Gasteiger partial charge in [-0.2, -0.15) is 0 Å². The largest absolute Gasteiger partial charge is 0.376 e. The maximum absolute atomic E-state index is 12.3. The van der Waals surface area contributed by atoms with Crippen LogP contribution in [0.25, 0.3) is 0 Å². The molecular weight excluding hydrogens is 228 g/mol. The molecule has 1 atom stereocenters. The number of hydrogen-bond donors (Lipinski definition) is 1. The summed E-state index contributed by atoms with van der Waals surface area (Å²) in [5.74, 6) is 1.16. The molecule has 0 aromatic carbocycles. The first-order valence-electron chi connectivity index (χ1n) is 7.27. The molecule has 18 heavy (non-hydrogen) atoms. The van der Waals surface area contributed by atoms with Gasteiger partial charge in [0.1, 0.15) is 0 Å². The zero-order valence-corrected chi connectivity index (χ0v) is 11.4. The van der Waals surface area contributed by atoms with Gasteiger partial charge >= 0.3 is 0 Å². The predicted molar refractivity (Wildman–Crippen MR) is 71.1 cm³/mol. The maximum atomic E-state index is 12.3. The van der Waals surface area contributed by atoms with Crippen LogP contribution < -0.4 is 5.73 Å². The molecule has 1 saturated heterocycles. The van der Waals surface area contributed by atoms with E-state index in [1.807, 2.05) is 11.9 Å². The summed E-state index contributed by atoms with van der Waals surface area (Å²) in [5.41, 5.74) is 5.68. The Balaban J connectivity index is 1.76. The third-order valence-electron chi connectivity index (χ3n) is 4.41. The summed E-state index contributed by atoms with van der Waals surface area (Å²) >= 11 is 0. The first-order valence-corrected chi connectivity index (χ1v) is 7.27. The Kier molecular flexibility index (Phi) is 5.01. The van der Waals surface area contributed by atoms with Gasteiger partial charge in [0.05, 0.1) is 6.10 Å². The van der Waals surface area contributed by atoms with Crippen molar-refractivity contribution in [3.05, 3.63) is 0 Å². The fourth-order valence-electron chi connectivity index (χ4n) is 3.14. The van der Waals surface area contributed by atoms with Gasteiger partial charge in [0.15, 0.2) is 0 Å². The molecule has 1 aliphatic carbocycles. The van der Waals surface area contributed by atoms with Crippen LogP contribution in [0.5, 0.6) is 0 Å². The van der Waals surface area contributed by atoms with Gasteiger partial charge in [-0.15, -0.1) is 0 Å². The van der Waals surface area contributed by atoms with Crippen LogP contribution in [-0.4, -0.2) is 43.7 Å². The van der Waals surface area contributed by atoms with E-state index < -0.39 is 0 Å². The average Bonchev–Trinajstić information content (AvgIpc) is 2.91. The molecule has 1 aliphatic heterocycles. The summed E-state index contributed by atoms with van der Waals surface area (Å²) in [7, 11) is 1.92. The van der Waals surface area contributed by atoms with Crippen LogP contribution in [0.15, 0.2) is 0 Å². The highest BCUT2D eigenvalue weighted by molar-refractivity contribution is 5.78. The second-order valence-electron chi connectivity index (χ2n) is 5.81. The topological polar surface area (TPSA) is 55.6 Å². The number of carbonyl (C=O) groups is 1. The van der Waals surface area contributed by atoms with Crippen molar-refractivity contribution in [1.29, 1.82) is 0 Å². The van der Waals surface area contributed by atoms with Gasteiger partial charge in [-0.25, -0.2) is 0 Å². The van der Waals surface area contributed by atoms with E-state index in [1.165, 1.54) is 0 Å². The Morgan fingerprint density at radius 1 is 1.28 bits per heavy atom. The number of hydrogen-bond acceptors (Lipinski definition) is 3. The van der Waals surface area contributed by atoms with Crippen molar-refractivity contribution in [3.63, 3.8) is 0 Å². The van der Waals surface area contributed by atoms with E-state index in [0.29, 0.717) is 11.8 Å². The predicted octanol–water partition coefficient (Wildman–Crippen LogP) is 1.39. The molecule has 1 unspecified atom stereocenters. The summed E-state index contributed by atoms with van der Waals surface area (Å²) in [6, 6.07) is 0. The van der Waals surface area contributed by atoms with Gasteiger partial charge in [0.2, 0.25) is 5.91 Å². The second kappa shape index (κ2) is 6.53. The Hall–Kier alpha value is -0.610. The summed E-state index contributed by atoms with van der Waals surface area (Å²) in [6.07, 6.45) is 6.74. The molecule has 1 amide bonds. The minimum Gasteiger partial charge on any atom is -0.376 e. The van der Waals surface area contributed by atoms with Gasteiger partial charge in [0.25, 0.3) is 0 Å². The Morgan fingerprint density at radius 2 is 2.00 bits per heavy atom. The van der Waals surface area contributed by atoms with Crippen LogP contribution in [0.1, 0.15) is 38.5 Å². The first kappa shape index (κ1) is 13.8. The van der Waals surface area contributed by atoms with Gasteiger partial charge in [-0.3, -0.25) is 4.79 Å². The fourth-order valence-corrected chi connectivity index (χ4v) is 3.14.